The predicted molar refractivity (Wildman–Crippen MR) is 76.7 cm³/mol. The molecule has 0 radical (unpaired) electrons. The Bertz CT molecular complexity index is 488. The molecular weight excluding hydrogens is 318 g/mol. The SMILES string of the molecule is CCS(=O)(=O)CCOc1ccc(Br)cc1CCN. The van der Waals surface area contributed by atoms with E-state index < -0.39 is 9.84 Å². The van der Waals surface area contributed by atoms with E-state index in [4.69, 9.17) is 10.5 Å². The Hall–Kier alpha value is -0.590. The Balaban J connectivity index is 2.67. The molecule has 0 saturated heterocycles. The average Bonchev–Trinajstić information content (AvgIpc) is 2.32. The number of benzene rings is 1. The van der Waals surface area contributed by atoms with Crippen LogP contribution in [-0.4, -0.2) is 33.1 Å². The molecule has 0 unspecified atom stereocenters. The van der Waals surface area contributed by atoms with Gasteiger partial charge in [0.1, 0.15) is 12.4 Å². The normalized spacial score (nSPS) is 11.5. The molecule has 1 rings (SSSR count). The molecule has 0 bridgehead atoms. The van der Waals surface area contributed by atoms with Crippen LogP contribution in [0.5, 0.6) is 5.75 Å². The van der Waals surface area contributed by atoms with E-state index >= 15 is 0 Å². The van der Waals surface area contributed by atoms with Crippen LogP contribution in [0.25, 0.3) is 0 Å². The zero-order chi connectivity index (χ0) is 13.6. The fraction of sp³-hybridized carbons (Fsp3) is 0.500. The summed E-state index contributed by atoms with van der Waals surface area (Å²) in [6.45, 7) is 2.34. The molecule has 0 fully saturated rings. The van der Waals surface area contributed by atoms with Gasteiger partial charge >= 0.3 is 0 Å². The highest BCUT2D eigenvalue weighted by molar-refractivity contribution is 9.10. The van der Waals surface area contributed by atoms with E-state index in [0.29, 0.717) is 18.7 Å². The quantitative estimate of drug-likeness (QED) is 0.824. The second kappa shape index (κ2) is 7.11. The molecular formula is C12H18BrNO3S. The summed E-state index contributed by atoms with van der Waals surface area (Å²) < 4.78 is 29.2. The lowest BCUT2D eigenvalue weighted by Crippen LogP contribution is -2.16. The Morgan fingerprint density at radius 2 is 2.11 bits per heavy atom. The summed E-state index contributed by atoms with van der Waals surface area (Å²) in [4.78, 5) is 0. The maximum atomic E-state index is 11.3. The molecule has 2 N–H and O–H groups in total. The number of hydrogen-bond donors (Lipinski definition) is 1. The minimum Gasteiger partial charge on any atom is -0.492 e. The van der Waals surface area contributed by atoms with Crippen molar-refractivity contribution in [2.24, 2.45) is 5.73 Å². The van der Waals surface area contributed by atoms with Crippen LogP contribution >= 0.6 is 15.9 Å². The molecule has 18 heavy (non-hydrogen) atoms. The number of hydrogen-bond acceptors (Lipinski definition) is 4. The third-order valence-corrected chi connectivity index (χ3v) is 4.69. The number of ether oxygens (including phenoxy) is 1. The molecule has 102 valence electrons. The van der Waals surface area contributed by atoms with Crippen molar-refractivity contribution in [3.63, 3.8) is 0 Å². The number of rotatable bonds is 7. The fourth-order valence-corrected chi connectivity index (χ4v) is 2.50. The van der Waals surface area contributed by atoms with Crippen molar-refractivity contribution in [1.82, 2.24) is 0 Å². The molecule has 1 aromatic carbocycles. The summed E-state index contributed by atoms with van der Waals surface area (Å²) in [6, 6.07) is 5.63. The molecule has 0 atom stereocenters. The molecule has 6 heteroatoms. The van der Waals surface area contributed by atoms with E-state index in [2.05, 4.69) is 15.9 Å². The van der Waals surface area contributed by atoms with Crippen molar-refractivity contribution < 1.29 is 13.2 Å². The molecule has 0 aliphatic rings. The number of sulfone groups is 1. The highest BCUT2D eigenvalue weighted by Gasteiger charge is 2.09. The monoisotopic (exact) mass is 335 g/mol. The Labute approximate surface area is 117 Å². The van der Waals surface area contributed by atoms with Crippen LogP contribution in [0.3, 0.4) is 0 Å². The molecule has 0 heterocycles. The summed E-state index contributed by atoms with van der Waals surface area (Å²) >= 11 is 3.39. The second-order valence-corrected chi connectivity index (χ2v) is 7.26. The van der Waals surface area contributed by atoms with E-state index in [0.717, 1.165) is 10.0 Å². The largest absolute Gasteiger partial charge is 0.492 e. The van der Waals surface area contributed by atoms with Crippen LogP contribution in [-0.2, 0) is 16.3 Å². The maximum Gasteiger partial charge on any atom is 0.153 e. The van der Waals surface area contributed by atoms with Crippen molar-refractivity contribution >= 4 is 25.8 Å². The summed E-state index contributed by atoms with van der Waals surface area (Å²) in [6.07, 6.45) is 0.704. The van der Waals surface area contributed by atoms with Gasteiger partial charge in [0, 0.05) is 10.2 Å². The maximum absolute atomic E-state index is 11.3. The van der Waals surface area contributed by atoms with Gasteiger partial charge < -0.3 is 10.5 Å². The lowest BCUT2D eigenvalue weighted by Gasteiger charge is -2.11. The minimum absolute atomic E-state index is 0.0433. The zero-order valence-corrected chi connectivity index (χ0v) is 12.8. The average molecular weight is 336 g/mol. The third-order valence-electron chi connectivity index (χ3n) is 2.53. The standard InChI is InChI=1S/C12H18BrNO3S/c1-2-18(15,16)8-7-17-12-4-3-11(13)9-10(12)5-6-14/h3-4,9H,2,5-8,14H2,1H3. The van der Waals surface area contributed by atoms with Crippen molar-refractivity contribution in [2.75, 3.05) is 24.7 Å². The van der Waals surface area contributed by atoms with Crippen molar-refractivity contribution in [1.29, 1.82) is 0 Å². The molecule has 0 aliphatic heterocycles. The lowest BCUT2D eigenvalue weighted by atomic mass is 10.1. The first-order chi connectivity index (χ1) is 8.48. The molecule has 0 aliphatic carbocycles. The summed E-state index contributed by atoms with van der Waals surface area (Å²) in [5.41, 5.74) is 6.52. The third kappa shape index (κ3) is 4.96. The number of halogens is 1. The molecule has 0 spiro atoms. The van der Waals surface area contributed by atoms with Crippen molar-refractivity contribution in [3.8, 4) is 5.75 Å². The Morgan fingerprint density at radius 3 is 2.72 bits per heavy atom. The van der Waals surface area contributed by atoms with Gasteiger partial charge in [0.2, 0.25) is 0 Å². The Morgan fingerprint density at radius 1 is 1.39 bits per heavy atom. The van der Waals surface area contributed by atoms with E-state index in [1.165, 1.54) is 0 Å². The topological polar surface area (TPSA) is 69.4 Å². The van der Waals surface area contributed by atoms with Gasteiger partial charge in [-0.25, -0.2) is 8.42 Å². The van der Waals surface area contributed by atoms with Gasteiger partial charge in [-0.2, -0.15) is 0 Å². The van der Waals surface area contributed by atoms with Gasteiger partial charge in [0.15, 0.2) is 9.84 Å². The van der Waals surface area contributed by atoms with E-state index in [-0.39, 0.29) is 18.1 Å². The second-order valence-electron chi connectivity index (χ2n) is 3.88. The highest BCUT2D eigenvalue weighted by atomic mass is 79.9. The number of nitrogens with two attached hydrogens (primary N) is 1. The van der Waals surface area contributed by atoms with Crippen molar-refractivity contribution in [3.05, 3.63) is 28.2 Å². The first-order valence-corrected chi connectivity index (χ1v) is 8.41. The van der Waals surface area contributed by atoms with Crippen LogP contribution in [0.4, 0.5) is 0 Å². The van der Waals surface area contributed by atoms with Gasteiger partial charge in [-0.15, -0.1) is 0 Å². The molecule has 0 saturated carbocycles. The summed E-state index contributed by atoms with van der Waals surface area (Å²) in [7, 11) is -2.98. The summed E-state index contributed by atoms with van der Waals surface area (Å²) in [5.74, 6) is 0.892. The van der Waals surface area contributed by atoms with E-state index in [1.54, 1.807) is 6.92 Å². The molecule has 0 aromatic heterocycles. The molecule has 1 aromatic rings. The first kappa shape index (κ1) is 15.5. The smallest absolute Gasteiger partial charge is 0.153 e. The molecule has 4 nitrogen and oxygen atoms in total. The van der Waals surface area contributed by atoms with Crippen LogP contribution in [0.2, 0.25) is 0 Å². The van der Waals surface area contributed by atoms with Crippen LogP contribution in [0, 0.1) is 0 Å². The fourth-order valence-electron chi connectivity index (χ4n) is 1.46. The molecule has 0 amide bonds. The van der Waals surface area contributed by atoms with Gasteiger partial charge in [-0.3, -0.25) is 0 Å². The van der Waals surface area contributed by atoms with Crippen LogP contribution < -0.4 is 10.5 Å². The zero-order valence-electron chi connectivity index (χ0n) is 10.4. The van der Waals surface area contributed by atoms with E-state index in [9.17, 15) is 8.42 Å². The van der Waals surface area contributed by atoms with E-state index in [1.807, 2.05) is 18.2 Å². The van der Waals surface area contributed by atoms with Gasteiger partial charge in [0.25, 0.3) is 0 Å². The summed E-state index contributed by atoms with van der Waals surface area (Å²) in [5, 5.41) is 0. The van der Waals surface area contributed by atoms with Gasteiger partial charge in [-0.1, -0.05) is 22.9 Å². The lowest BCUT2D eigenvalue weighted by molar-refractivity contribution is 0.337. The minimum atomic E-state index is -2.98. The first-order valence-electron chi connectivity index (χ1n) is 5.80. The van der Waals surface area contributed by atoms with Gasteiger partial charge in [0.05, 0.1) is 5.75 Å². The highest BCUT2D eigenvalue weighted by Crippen LogP contribution is 2.23. The van der Waals surface area contributed by atoms with Crippen molar-refractivity contribution in [2.45, 2.75) is 13.3 Å². The van der Waals surface area contributed by atoms with Crippen LogP contribution in [0.15, 0.2) is 22.7 Å². The van der Waals surface area contributed by atoms with Gasteiger partial charge in [-0.05, 0) is 36.7 Å². The van der Waals surface area contributed by atoms with Crippen LogP contribution in [0.1, 0.15) is 12.5 Å². The Kier molecular flexibility index (Phi) is 6.11. The predicted octanol–water partition coefficient (Wildman–Crippen LogP) is 1.76.